The molecule has 0 bridgehead atoms. The summed E-state index contributed by atoms with van der Waals surface area (Å²) in [4.78, 5) is 11.5. The molecular weight excluding hydrogens is 351 g/mol. The summed E-state index contributed by atoms with van der Waals surface area (Å²) in [5.41, 5.74) is 3.58. The largest absolute Gasteiger partial charge is 0.452 e. The number of hydrogen-bond donors (Lipinski definition) is 0. The second-order valence-corrected chi connectivity index (χ2v) is 6.94. The van der Waals surface area contributed by atoms with Gasteiger partial charge in [0.25, 0.3) is 0 Å². The molecule has 0 aromatic heterocycles. The minimum Gasteiger partial charge on any atom is -0.452 e. The van der Waals surface area contributed by atoms with E-state index in [1.54, 1.807) is 0 Å². The zero-order chi connectivity index (χ0) is 19.0. The molecule has 0 radical (unpaired) electrons. The molecule has 3 aromatic carbocycles. The van der Waals surface area contributed by atoms with Crippen LogP contribution in [0.1, 0.15) is 42.4 Å². The number of benzene rings is 3. The predicted octanol–water partition coefficient (Wildman–Crippen LogP) is 5.91. The zero-order valence-electron chi connectivity index (χ0n) is 15.4. The van der Waals surface area contributed by atoms with Crippen molar-refractivity contribution >= 4 is 15.4 Å². The number of unbranched alkanes of at least 4 members (excludes halogenated alkanes) is 1. The Morgan fingerprint density at radius 2 is 1.11 bits per heavy atom. The summed E-state index contributed by atoms with van der Waals surface area (Å²) in [7, 11) is 2.03. The molecule has 0 saturated heterocycles. The Morgan fingerprint density at radius 3 is 1.48 bits per heavy atom. The molecule has 1 atom stereocenters. The van der Waals surface area contributed by atoms with Gasteiger partial charge in [-0.3, -0.25) is 4.79 Å². The second kappa shape index (κ2) is 9.48. The van der Waals surface area contributed by atoms with Crippen molar-refractivity contribution in [2.45, 2.75) is 31.1 Å². The fourth-order valence-corrected chi connectivity index (χ4v) is 3.94. The molecule has 3 rings (SSSR count). The molecular formula is C24H25O2P. The molecule has 0 spiro atoms. The van der Waals surface area contributed by atoms with Gasteiger partial charge in [0.15, 0.2) is 0 Å². The van der Waals surface area contributed by atoms with Crippen LogP contribution in [0.3, 0.4) is 0 Å². The Kier molecular flexibility index (Phi) is 6.79. The SMILES string of the molecule is O=C(CCCCC(c1ccccc1)(c1ccccc1)c1ccccc1)OP. The summed E-state index contributed by atoms with van der Waals surface area (Å²) in [5.74, 6) is -0.176. The third-order valence-electron chi connectivity index (χ3n) is 5.11. The van der Waals surface area contributed by atoms with Gasteiger partial charge in [0.05, 0.1) is 9.47 Å². The molecule has 0 aliphatic carbocycles. The molecule has 0 amide bonds. The van der Waals surface area contributed by atoms with Crippen LogP contribution in [0.5, 0.6) is 0 Å². The van der Waals surface area contributed by atoms with Crippen LogP contribution in [0, 0.1) is 0 Å². The molecule has 0 aliphatic rings. The molecule has 0 fully saturated rings. The van der Waals surface area contributed by atoms with Crippen LogP contribution in [0.2, 0.25) is 0 Å². The lowest BCUT2D eigenvalue weighted by atomic mass is 9.66. The van der Waals surface area contributed by atoms with Crippen molar-refractivity contribution in [2.75, 3.05) is 0 Å². The molecule has 138 valence electrons. The molecule has 0 N–H and O–H groups in total. The van der Waals surface area contributed by atoms with Crippen molar-refractivity contribution in [1.29, 1.82) is 0 Å². The van der Waals surface area contributed by atoms with Crippen molar-refractivity contribution in [3.8, 4) is 0 Å². The Hall–Kier alpha value is -2.44. The van der Waals surface area contributed by atoms with Gasteiger partial charge in [0.2, 0.25) is 0 Å². The number of rotatable bonds is 8. The van der Waals surface area contributed by atoms with Gasteiger partial charge in [-0.05, 0) is 29.5 Å². The van der Waals surface area contributed by atoms with Crippen LogP contribution in [-0.4, -0.2) is 5.97 Å². The standard InChI is InChI=1S/C24H25O2P/c25-23(26-27)18-10-11-19-24(20-12-4-1-5-13-20,21-14-6-2-7-15-21)22-16-8-3-9-17-22/h1-9,12-17H,10-11,18-19,27H2. The molecule has 1 unspecified atom stereocenters. The highest BCUT2D eigenvalue weighted by Crippen LogP contribution is 2.43. The van der Waals surface area contributed by atoms with Crippen LogP contribution in [-0.2, 0) is 14.7 Å². The quantitative estimate of drug-likeness (QED) is 0.277. The highest BCUT2D eigenvalue weighted by atomic mass is 31.0. The van der Waals surface area contributed by atoms with Crippen LogP contribution in [0.4, 0.5) is 0 Å². The zero-order valence-corrected chi connectivity index (χ0v) is 16.5. The van der Waals surface area contributed by atoms with E-state index in [0.29, 0.717) is 6.42 Å². The van der Waals surface area contributed by atoms with E-state index in [4.69, 9.17) is 4.52 Å². The maximum atomic E-state index is 11.5. The second-order valence-electron chi connectivity index (χ2n) is 6.70. The number of carbonyl (C=O) groups excluding carboxylic acids is 1. The van der Waals surface area contributed by atoms with Gasteiger partial charge < -0.3 is 4.52 Å². The van der Waals surface area contributed by atoms with Crippen LogP contribution < -0.4 is 0 Å². The third-order valence-corrected chi connectivity index (χ3v) is 5.38. The summed E-state index contributed by atoms with van der Waals surface area (Å²) >= 11 is 0. The average Bonchev–Trinajstić information content (AvgIpc) is 2.75. The summed E-state index contributed by atoms with van der Waals surface area (Å²) in [6, 6.07) is 32.0. The van der Waals surface area contributed by atoms with Gasteiger partial charge in [-0.25, -0.2) is 0 Å². The van der Waals surface area contributed by atoms with Gasteiger partial charge in [0.1, 0.15) is 0 Å². The third kappa shape index (κ3) is 4.46. The lowest BCUT2D eigenvalue weighted by molar-refractivity contribution is -0.133. The Bertz CT molecular complexity index is 735. The van der Waals surface area contributed by atoms with Crippen LogP contribution in [0.25, 0.3) is 0 Å². The fourth-order valence-electron chi connectivity index (χ4n) is 3.82. The summed E-state index contributed by atoms with van der Waals surface area (Å²) in [6.07, 6.45) is 3.10. The van der Waals surface area contributed by atoms with Gasteiger partial charge in [-0.15, -0.1) is 0 Å². The summed E-state index contributed by atoms with van der Waals surface area (Å²) in [5, 5.41) is 0. The minimum atomic E-state index is -0.241. The lowest BCUT2D eigenvalue weighted by Gasteiger charge is -2.36. The van der Waals surface area contributed by atoms with E-state index in [2.05, 4.69) is 91.0 Å². The van der Waals surface area contributed by atoms with E-state index in [1.807, 2.05) is 9.47 Å². The smallest absolute Gasteiger partial charge is 0.307 e. The Morgan fingerprint density at radius 1 is 0.704 bits per heavy atom. The van der Waals surface area contributed by atoms with E-state index in [-0.39, 0.29) is 11.4 Å². The summed E-state index contributed by atoms with van der Waals surface area (Å²) < 4.78 is 4.71. The first-order chi connectivity index (χ1) is 13.3. The molecule has 3 heteroatoms. The Labute approximate surface area is 163 Å². The van der Waals surface area contributed by atoms with Crippen LogP contribution >= 0.6 is 9.47 Å². The van der Waals surface area contributed by atoms with E-state index in [9.17, 15) is 4.79 Å². The van der Waals surface area contributed by atoms with E-state index in [1.165, 1.54) is 16.7 Å². The van der Waals surface area contributed by atoms with E-state index in [0.717, 1.165) is 19.3 Å². The molecule has 2 nitrogen and oxygen atoms in total. The van der Waals surface area contributed by atoms with E-state index < -0.39 is 0 Å². The average molecular weight is 376 g/mol. The van der Waals surface area contributed by atoms with Crippen LogP contribution in [0.15, 0.2) is 91.0 Å². The van der Waals surface area contributed by atoms with Crippen molar-refractivity contribution in [3.63, 3.8) is 0 Å². The van der Waals surface area contributed by atoms with Crippen molar-refractivity contribution in [2.24, 2.45) is 0 Å². The first-order valence-electron chi connectivity index (χ1n) is 9.33. The predicted molar refractivity (Wildman–Crippen MR) is 113 cm³/mol. The van der Waals surface area contributed by atoms with Gasteiger partial charge in [-0.2, -0.15) is 0 Å². The molecule has 3 aromatic rings. The van der Waals surface area contributed by atoms with Gasteiger partial charge in [-0.1, -0.05) is 97.4 Å². The molecule has 0 heterocycles. The van der Waals surface area contributed by atoms with Crippen molar-refractivity contribution < 1.29 is 9.32 Å². The molecule has 0 saturated carbocycles. The highest BCUT2D eigenvalue weighted by molar-refractivity contribution is 7.10. The van der Waals surface area contributed by atoms with Crippen molar-refractivity contribution in [3.05, 3.63) is 108 Å². The maximum absolute atomic E-state index is 11.5. The number of carbonyl (C=O) groups is 1. The van der Waals surface area contributed by atoms with Gasteiger partial charge in [0, 0.05) is 11.8 Å². The maximum Gasteiger partial charge on any atom is 0.307 e. The van der Waals surface area contributed by atoms with Gasteiger partial charge >= 0.3 is 5.97 Å². The molecule has 27 heavy (non-hydrogen) atoms. The van der Waals surface area contributed by atoms with Crippen molar-refractivity contribution in [1.82, 2.24) is 0 Å². The van der Waals surface area contributed by atoms with E-state index >= 15 is 0 Å². The first-order valence-corrected chi connectivity index (χ1v) is 9.80. The first kappa shape index (κ1) is 19.3. The Balaban J connectivity index is 2.04. The summed E-state index contributed by atoms with van der Waals surface area (Å²) in [6.45, 7) is 0. The highest BCUT2D eigenvalue weighted by Gasteiger charge is 2.35. The lowest BCUT2D eigenvalue weighted by Crippen LogP contribution is -2.29. The molecule has 0 aliphatic heterocycles. The monoisotopic (exact) mass is 376 g/mol. The minimum absolute atomic E-state index is 0.176. The fraction of sp³-hybridized carbons (Fsp3) is 0.208. The number of hydrogen-bond acceptors (Lipinski definition) is 2. The normalized spacial score (nSPS) is 11.1. The topological polar surface area (TPSA) is 26.3 Å².